The Balaban J connectivity index is 4.86. The first kappa shape index (κ1) is 18.1. The highest BCUT2D eigenvalue weighted by molar-refractivity contribution is 5.89. The van der Waals surface area contributed by atoms with Crippen LogP contribution in [-0.2, 0) is 9.59 Å². The predicted octanol–water partition coefficient (Wildman–Crippen LogP) is 0.631. The van der Waals surface area contributed by atoms with Crippen LogP contribution in [0.2, 0.25) is 0 Å². The van der Waals surface area contributed by atoms with Gasteiger partial charge in [0.1, 0.15) is 0 Å². The average molecular weight is 271 g/mol. The molecular weight excluding hydrogens is 242 g/mol. The molecule has 5 heteroatoms. The first-order valence-electron chi connectivity index (χ1n) is 6.93. The van der Waals surface area contributed by atoms with E-state index in [2.05, 4.69) is 5.32 Å². The molecule has 0 bridgehead atoms. The van der Waals surface area contributed by atoms with Crippen molar-refractivity contribution >= 4 is 11.7 Å². The van der Waals surface area contributed by atoms with Gasteiger partial charge in [0, 0.05) is 13.1 Å². The first-order valence-corrected chi connectivity index (χ1v) is 6.93. The number of hydrogen-bond acceptors (Lipinski definition) is 4. The van der Waals surface area contributed by atoms with Gasteiger partial charge in [-0.2, -0.15) is 0 Å². The Morgan fingerprint density at radius 3 is 2.00 bits per heavy atom. The molecule has 0 aliphatic carbocycles. The third kappa shape index (κ3) is 5.70. The predicted molar refractivity (Wildman–Crippen MR) is 77.8 cm³/mol. The maximum Gasteiger partial charge on any atom is 0.238 e. The number of ketones is 1. The van der Waals surface area contributed by atoms with Gasteiger partial charge in [-0.25, -0.2) is 0 Å². The summed E-state index contributed by atoms with van der Waals surface area (Å²) >= 11 is 0. The molecule has 0 radical (unpaired) electrons. The molecule has 0 rings (SSSR count). The lowest BCUT2D eigenvalue weighted by Crippen LogP contribution is -2.54. The van der Waals surface area contributed by atoms with E-state index in [1.165, 1.54) is 6.92 Å². The van der Waals surface area contributed by atoms with E-state index in [9.17, 15) is 9.59 Å². The van der Waals surface area contributed by atoms with E-state index >= 15 is 0 Å². The summed E-state index contributed by atoms with van der Waals surface area (Å²) in [7, 11) is 1.88. The topological polar surface area (TPSA) is 75.4 Å². The van der Waals surface area contributed by atoms with Crippen LogP contribution < -0.4 is 11.1 Å². The van der Waals surface area contributed by atoms with Gasteiger partial charge in [0.25, 0.3) is 0 Å². The van der Waals surface area contributed by atoms with Crippen LogP contribution in [0.3, 0.4) is 0 Å². The summed E-state index contributed by atoms with van der Waals surface area (Å²) < 4.78 is 0. The standard InChI is InChI=1S/C14H29N3O2/c1-9(2)12(11(5)18)16-14(19)13(10(3)4)17(6)8-7-15/h9-10,12-13H,7-8,15H2,1-6H3,(H,16,19)/t12-,13?/m0/s1. The minimum absolute atomic E-state index is 0.00710. The summed E-state index contributed by atoms with van der Waals surface area (Å²) in [5.41, 5.74) is 5.54. The maximum atomic E-state index is 12.4. The van der Waals surface area contributed by atoms with Gasteiger partial charge in [0.15, 0.2) is 5.78 Å². The number of carbonyl (C=O) groups is 2. The van der Waals surface area contributed by atoms with Crippen molar-refractivity contribution in [2.45, 2.75) is 46.7 Å². The van der Waals surface area contributed by atoms with Crippen LogP contribution in [-0.4, -0.2) is 48.8 Å². The molecule has 0 aliphatic heterocycles. The van der Waals surface area contributed by atoms with Gasteiger partial charge in [0.05, 0.1) is 12.1 Å². The molecule has 0 fully saturated rings. The molecule has 3 N–H and O–H groups in total. The number of likely N-dealkylation sites (N-methyl/N-ethyl adjacent to an activating group) is 1. The number of nitrogens with zero attached hydrogens (tertiary/aromatic N) is 1. The normalized spacial score (nSPS) is 14.8. The third-order valence-electron chi connectivity index (χ3n) is 3.26. The Hall–Kier alpha value is -0.940. The Kier molecular flexibility index (Phi) is 7.87. The molecule has 0 aromatic carbocycles. The van der Waals surface area contributed by atoms with Crippen LogP contribution in [0.1, 0.15) is 34.6 Å². The summed E-state index contributed by atoms with van der Waals surface area (Å²) in [5.74, 6) is 0.151. The van der Waals surface area contributed by atoms with Crippen LogP contribution in [0, 0.1) is 11.8 Å². The maximum absolute atomic E-state index is 12.4. The summed E-state index contributed by atoms with van der Waals surface area (Å²) in [4.78, 5) is 25.9. The molecule has 2 atom stereocenters. The lowest BCUT2D eigenvalue weighted by Gasteiger charge is -2.31. The van der Waals surface area contributed by atoms with E-state index in [4.69, 9.17) is 5.73 Å². The van der Waals surface area contributed by atoms with E-state index in [0.717, 1.165) is 0 Å². The van der Waals surface area contributed by atoms with Gasteiger partial charge in [-0.3, -0.25) is 14.5 Å². The number of rotatable bonds is 8. The van der Waals surface area contributed by atoms with Crippen molar-refractivity contribution in [3.63, 3.8) is 0 Å². The molecule has 0 aromatic heterocycles. The number of nitrogens with two attached hydrogens (primary N) is 1. The van der Waals surface area contributed by atoms with E-state index in [1.54, 1.807) is 0 Å². The molecule has 112 valence electrons. The van der Waals surface area contributed by atoms with E-state index in [1.807, 2.05) is 39.6 Å². The fourth-order valence-corrected chi connectivity index (χ4v) is 2.33. The average Bonchev–Trinajstić information content (AvgIpc) is 2.24. The highest BCUT2D eigenvalue weighted by Gasteiger charge is 2.29. The van der Waals surface area contributed by atoms with Gasteiger partial charge in [0.2, 0.25) is 5.91 Å². The van der Waals surface area contributed by atoms with Crippen molar-refractivity contribution in [2.75, 3.05) is 20.1 Å². The fraction of sp³-hybridized carbons (Fsp3) is 0.857. The van der Waals surface area contributed by atoms with Crippen molar-refractivity contribution in [3.05, 3.63) is 0 Å². The quantitative estimate of drug-likeness (QED) is 0.679. The fourth-order valence-electron chi connectivity index (χ4n) is 2.33. The summed E-state index contributed by atoms with van der Waals surface area (Å²) in [6.07, 6.45) is 0. The van der Waals surface area contributed by atoms with Crippen LogP contribution in [0.15, 0.2) is 0 Å². The zero-order valence-corrected chi connectivity index (χ0v) is 13.1. The monoisotopic (exact) mass is 271 g/mol. The molecule has 0 saturated carbocycles. The largest absolute Gasteiger partial charge is 0.345 e. The minimum Gasteiger partial charge on any atom is -0.345 e. The second-order valence-corrected chi connectivity index (χ2v) is 5.80. The van der Waals surface area contributed by atoms with Crippen LogP contribution in [0.25, 0.3) is 0 Å². The van der Waals surface area contributed by atoms with E-state index < -0.39 is 6.04 Å². The van der Waals surface area contributed by atoms with Gasteiger partial charge in [-0.05, 0) is 25.8 Å². The number of Topliss-reactive ketones (excluding diaryl/α,β-unsaturated/α-hetero) is 1. The second-order valence-electron chi connectivity index (χ2n) is 5.80. The zero-order chi connectivity index (χ0) is 15.2. The van der Waals surface area contributed by atoms with Crippen molar-refractivity contribution < 1.29 is 9.59 Å². The second kappa shape index (κ2) is 8.27. The number of amides is 1. The van der Waals surface area contributed by atoms with Crippen molar-refractivity contribution in [2.24, 2.45) is 17.6 Å². The molecular formula is C14H29N3O2. The number of nitrogens with one attached hydrogen (secondary N) is 1. The molecule has 1 amide bonds. The minimum atomic E-state index is -0.417. The molecule has 19 heavy (non-hydrogen) atoms. The Morgan fingerprint density at radius 1 is 1.16 bits per heavy atom. The van der Waals surface area contributed by atoms with Crippen molar-refractivity contribution in [3.8, 4) is 0 Å². The summed E-state index contributed by atoms with van der Waals surface area (Å²) in [5, 5.41) is 2.87. The van der Waals surface area contributed by atoms with Crippen molar-refractivity contribution in [1.29, 1.82) is 0 Å². The number of hydrogen-bond donors (Lipinski definition) is 2. The van der Waals surface area contributed by atoms with Gasteiger partial charge in [-0.1, -0.05) is 27.7 Å². The summed E-state index contributed by atoms with van der Waals surface area (Å²) in [6, 6.07) is -0.677. The Labute approximate surface area is 116 Å². The number of carbonyl (C=O) groups excluding carboxylic acids is 2. The molecule has 0 saturated heterocycles. The molecule has 0 aromatic rings. The molecule has 5 nitrogen and oxygen atoms in total. The van der Waals surface area contributed by atoms with Crippen LogP contribution >= 0.6 is 0 Å². The smallest absolute Gasteiger partial charge is 0.238 e. The molecule has 0 aliphatic rings. The van der Waals surface area contributed by atoms with Gasteiger partial charge < -0.3 is 11.1 Å². The summed E-state index contributed by atoms with van der Waals surface area (Å²) in [6.45, 7) is 10.5. The van der Waals surface area contributed by atoms with Gasteiger partial charge >= 0.3 is 0 Å². The Morgan fingerprint density at radius 2 is 1.68 bits per heavy atom. The van der Waals surface area contributed by atoms with E-state index in [0.29, 0.717) is 13.1 Å². The highest BCUT2D eigenvalue weighted by Crippen LogP contribution is 2.11. The molecule has 1 unspecified atom stereocenters. The highest BCUT2D eigenvalue weighted by atomic mass is 16.2. The first-order chi connectivity index (χ1) is 8.72. The molecule has 0 spiro atoms. The lowest BCUT2D eigenvalue weighted by atomic mass is 9.97. The van der Waals surface area contributed by atoms with Crippen LogP contribution in [0.4, 0.5) is 0 Å². The third-order valence-corrected chi connectivity index (χ3v) is 3.26. The Bertz CT molecular complexity index is 303. The van der Waals surface area contributed by atoms with Crippen molar-refractivity contribution in [1.82, 2.24) is 10.2 Å². The van der Waals surface area contributed by atoms with Crippen LogP contribution in [0.5, 0.6) is 0 Å². The SMILES string of the molecule is CC(=O)[C@@H](NC(=O)C(C(C)C)N(C)CCN)C(C)C. The lowest BCUT2D eigenvalue weighted by molar-refractivity contribution is -0.132. The molecule has 0 heterocycles. The van der Waals surface area contributed by atoms with Gasteiger partial charge in [-0.15, -0.1) is 0 Å². The zero-order valence-electron chi connectivity index (χ0n) is 13.1. The van der Waals surface area contributed by atoms with E-state index in [-0.39, 0.29) is 29.6 Å².